The van der Waals surface area contributed by atoms with E-state index in [0.717, 1.165) is 18.7 Å². The minimum Gasteiger partial charge on any atom is -0.385 e. The smallest absolute Gasteiger partial charge is 0.270 e. The number of nitrogens with zero attached hydrogens (tertiary/aromatic N) is 1. The molecule has 0 spiro atoms. The lowest BCUT2D eigenvalue weighted by molar-refractivity contribution is 0.0802. The summed E-state index contributed by atoms with van der Waals surface area (Å²) >= 11 is 0. The van der Waals surface area contributed by atoms with Crippen molar-refractivity contribution in [1.29, 1.82) is 0 Å². The number of anilines is 1. The van der Waals surface area contributed by atoms with Crippen LogP contribution in [0.25, 0.3) is 0 Å². The number of aromatic nitrogens is 1. The summed E-state index contributed by atoms with van der Waals surface area (Å²) in [6.45, 7) is 10.2. The van der Waals surface area contributed by atoms with Crippen molar-refractivity contribution in [3.63, 3.8) is 0 Å². The first-order valence-corrected chi connectivity index (χ1v) is 7.67. The predicted molar refractivity (Wildman–Crippen MR) is 85.6 cm³/mol. The third-order valence-corrected chi connectivity index (χ3v) is 3.19. The lowest BCUT2D eigenvalue weighted by Gasteiger charge is -2.22. The van der Waals surface area contributed by atoms with Crippen molar-refractivity contribution in [2.45, 2.75) is 40.2 Å². The molecule has 0 saturated carbocycles. The van der Waals surface area contributed by atoms with Crippen molar-refractivity contribution in [3.05, 3.63) is 24.0 Å². The number of pyridine rings is 1. The molecule has 0 aliphatic rings. The number of ether oxygens (including phenoxy) is 1. The zero-order valence-electron chi connectivity index (χ0n) is 13.5. The fourth-order valence-corrected chi connectivity index (χ4v) is 1.82. The highest BCUT2D eigenvalue weighted by molar-refractivity contribution is 5.93. The molecule has 0 radical (unpaired) electrons. The second-order valence-corrected chi connectivity index (χ2v) is 5.34. The molecule has 0 aliphatic heterocycles. The van der Waals surface area contributed by atoms with Gasteiger partial charge in [-0.2, -0.15) is 0 Å². The van der Waals surface area contributed by atoms with Crippen LogP contribution in [0.1, 0.15) is 44.6 Å². The molecule has 0 saturated heterocycles. The fraction of sp³-hybridized carbons (Fsp3) is 0.625. The summed E-state index contributed by atoms with van der Waals surface area (Å²) in [5.74, 6) is 0.149. The van der Waals surface area contributed by atoms with Crippen LogP contribution in [0, 0.1) is 5.92 Å². The highest BCUT2D eigenvalue weighted by Crippen LogP contribution is 2.09. The Balaban J connectivity index is 2.68. The maximum atomic E-state index is 12.3. The molecule has 0 aromatic carbocycles. The van der Waals surface area contributed by atoms with E-state index in [4.69, 9.17) is 4.74 Å². The zero-order valence-corrected chi connectivity index (χ0v) is 13.5. The molecular weight excluding hydrogens is 266 g/mol. The molecule has 21 heavy (non-hydrogen) atoms. The molecule has 1 amide bonds. The zero-order chi connectivity index (χ0) is 15.7. The Bertz CT molecular complexity index is 435. The summed E-state index contributed by atoms with van der Waals surface area (Å²) in [5, 5.41) is 6.25. The van der Waals surface area contributed by atoms with Gasteiger partial charge in [-0.1, -0.05) is 20.8 Å². The third-order valence-electron chi connectivity index (χ3n) is 3.19. The van der Waals surface area contributed by atoms with Crippen LogP contribution >= 0.6 is 0 Å². The van der Waals surface area contributed by atoms with E-state index in [1.807, 2.05) is 13.0 Å². The Morgan fingerprint density at radius 1 is 1.38 bits per heavy atom. The van der Waals surface area contributed by atoms with Gasteiger partial charge in [0, 0.05) is 25.0 Å². The Labute approximate surface area is 127 Å². The fourth-order valence-electron chi connectivity index (χ4n) is 1.82. The van der Waals surface area contributed by atoms with E-state index in [9.17, 15) is 4.79 Å². The molecule has 5 heteroatoms. The molecule has 118 valence electrons. The van der Waals surface area contributed by atoms with Gasteiger partial charge in [0.2, 0.25) is 0 Å². The standard InChI is InChI=1S/C16H27N3O2/c1-5-8-17-13-7-9-18-14(10-13)16(20)19-15(12(3)4)11-21-6-2/h7,9-10,12,15H,5-6,8,11H2,1-4H3,(H,17,18)(H,19,20). The highest BCUT2D eigenvalue weighted by Gasteiger charge is 2.18. The van der Waals surface area contributed by atoms with Gasteiger partial charge in [-0.05, 0) is 31.4 Å². The number of carbonyl (C=O) groups is 1. The van der Waals surface area contributed by atoms with Gasteiger partial charge in [-0.15, -0.1) is 0 Å². The topological polar surface area (TPSA) is 63.2 Å². The molecule has 0 fully saturated rings. The van der Waals surface area contributed by atoms with Crippen LogP contribution in [0.5, 0.6) is 0 Å². The van der Waals surface area contributed by atoms with Crippen LogP contribution in [0.3, 0.4) is 0 Å². The normalized spacial score (nSPS) is 12.2. The minimum absolute atomic E-state index is 0.00786. The van der Waals surface area contributed by atoms with Crippen LogP contribution < -0.4 is 10.6 Å². The monoisotopic (exact) mass is 293 g/mol. The van der Waals surface area contributed by atoms with Gasteiger partial charge in [0.25, 0.3) is 5.91 Å². The molecule has 1 rings (SSSR count). The Morgan fingerprint density at radius 3 is 2.76 bits per heavy atom. The van der Waals surface area contributed by atoms with E-state index < -0.39 is 0 Å². The molecule has 0 aliphatic carbocycles. The van der Waals surface area contributed by atoms with Gasteiger partial charge in [0.05, 0.1) is 12.6 Å². The van der Waals surface area contributed by atoms with Crippen LogP contribution in [-0.2, 0) is 4.74 Å². The lowest BCUT2D eigenvalue weighted by Crippen LogP contribution is -2.42. The summed E-state index contributed by atoms with van der Waals surface area (Å²) in [6, 6.07) is 3.64. The Morgan fingerprint density at radius 2 is 2.14 bits per heavy atom. The third kappa shape index (κ3) is 6.12. The maximum Gasteiger partial charge on any atom is 0.270 e. The molecule has 5 nitrogen and oxygen atoms in total. The van der Waals surface area contributed by atoms with Gasteiger partial charge in [-0.3, -0.25) is 9.78 Å². The maximum absolute atomic E-state index is 12.3. The average Bonchev–Trinajstić information content (AvgIpc) is 2.49. The van der Waals surface area contributed by atoms with E-state index in [1.165, 1.54) is 0 Å². The first kappa shape index (κ1) is 17.4. The second kappa shape index (κ2) is 9.34. The van der Waals surface area contributed by atoms with Crippen molar-refractivity contribution in [2.75, 3.05) is 25.1 Å². The van der Waals surface area contributed by atoms with Gasteiger partial charge < -0.3 is 15.4 Å². The van der Waals surface area contributed by atoms with Gasteiger partial charge in [-0.25, -0.2) is 0 Å². The Kier molecular flexibility index (Phi) is 7.75. The van der Waals surface area contributed by atoms with Crippen molar-refractivity contribution >= 4 is 11.6 Å². The van der Waals surface area contributed by atoms with Crippen LogP contribution in [0.15, 0.2) is 18.3 Å². The quantitative estimate of drug-likeness (QED) is 0.735. The number of carbonyl (C=O) groups excluding carboxylic acids is 1. The predicted octanol–water partition coefficient (Wildman–Crippen LogP) is 2.69. The molecule has 0 bridgehead atoms. The minimum atomic E-state index is -0.159. The van der Waals surface area contributed by atoms with E-state index in [0.29, 0.717) is 24.8 Å². The van der Waals surface area contributed by atoms with Crippen molar-refractivity contribution < 1.29 is 9.53 Å². The van der Waals surface area contributed by atoms with Crippen LogP contribution in [-0.4, -0.2) is 36.7 Å². The molecule has 1 aromatic rings. The summed E-state index contributed by atoms with van der Waals surface area (Å²) in [6.07, 6.45) is 2.69. The van der Waals surface area contributed by atoms with Crippen molar-refractivity contribution in [2.24, 2.45) is 5.92 Å². The SMILES string of the molecule is CCCNc1ccnc(C(=O)NC(COCC)C(C)C)c1. The number of hydrogen-bond donors (Lipinski definition) is 2. The first-order valence-electron chi connectivity index (χ1n) is 7.67. The number of amides is 1. The second-order valence-electron chi connectivity index (χ2n) is 5.34. The van der Waals surface area contributed by atoms with E-state index in [1.54, 1.807) is 12.3 Å². The van der Waals surface area contributed by atoms with E-state index in [-0.39, 0.29) is 11.9 Å². The number of rotatable bonds is 9. The first-order chi connectivity index (χ1) is 10.1. The van der Waals surface area contributed by atoms with Crippen LogP contribution in [0.2, 0.25) is 0 Å². The van der Waals surface area contributed by atoms with Gasteiger partial charge in [0.15, 0.2) is 0 Å². The number of nitrogens with one attached hydrogen (secondary N) is 2. The molecule has 1 heterocycles. The van der Waals surface area contributed by atoms with Gasteiger partial charge in [0.1, 0.15) is 5.69 Å². The van der Waals surface area contributed by atoms with Crippen LogP contribution in [0.4, 0.5) is 5.69 Å². The summed E-state index contributed by atoms with van der Waals surface area (Å²) in [7, 11) is 0. The molecule has 2 N–H and O–H groups in total. The summed E-state index contributed by atoms with van der Waals surface area (Å²) in [5.41, 5.74) is 1.35. The summed E-state index contributed by atoms with van der Waals surface area (Å²) < 4.78 is 5.42. The Hall–Kier alpha value is -1.62. The molecule has 1 atom stereocenters. The molecule has 1 aromatic heterocycles. The van der Waals surface area contributed by atoms with Crippen molar-refractivity contribution in [3.8, 4) is 0 Å². The molecular formula is C16H27N3O2. The molecule has 1 unspecified atom stereocenters. The largest absolute Gasteiger partial charge is 0.385 e. The number of hydrogen-bond acceptors (Lipinski definition) is 4. The average molecular weight is 293 g/mol. The van der Waals surface area contributed by atoms with E-state index >= 15 is 0 Å². The van der Waals surface area contributed by atoms with E-state index in [2.05, 4.69) is 36.4 Å². The van der Waals surface area contributed by atoms with Gasteiger partial charge >= 0.3 is 0 Å². The summed E-state index contributed by atoms with van der Waals surface area (Å²) in [4.78, 5) is 16.4. The highest BCUT2D eigenvalue weighted by atomic mass is 16.5. The lowest BCUT2D eigenvalue weighted by atomic mass is 10.1. The van der Waals surface area contributed by atoms with Crippen molar-refractivity contribution in [1.82, 2.24) is 10.3 Å².